The molecule has 138 valence electrons. The van der Waals surface area contributed by atoms with Crippen LogP contribution in [0.1, 0.15) is 29.3 Å². The molecule has 7 heteroatoms. The SMILES string of the molecule is COc1cccc2c1CCC2NC(=O)N1CCN(Cc2cscn2)CC1. The lowest BCUT2D eigenvalue weighted by atomic mass is 10.1. The molecule has 1 aromatic heterocycles. The van der Waals surface area contributed by atoms with Crippen molar-refractivity contribution in [2.75, 3.05) is 33.3 Å². The molecule has 2 amide bonds. The van der Waals surface area contributed by atoms with Gasteiger partial charge in [-0.3, -0.25) is 4.90 Å². The molecule has 26 heavy (non-hydrogen) atoms. The van der Waals surface area contributed by atoms with E-state index in [1.54, 1.807) is 18.4 Å². The lowest BCUT2D eigenvalue weighted by molar-refractivity contribution is 0.132. The van der Waals surface area contributed by atoms with E-state index in [-0.39, 0.29) is 12.1 Å². The molecule has 6 nitrogen and oxygen atoms in total. The molecule has 2 aliphatic rings. The van der Waals surface area contributed by atoms with Crippen LogP contribution in [0, 0.1) is 0 Å². The summed E-state index contributed by atoms with van der Waals surface area (Å²) in [4.78, 5) is 21.3. The summed E-state index contributed by atoms with van der Waals surface area (Å²) in [6.07, 6.45) is 1.89. The van der Waals surface area contributed by atoms with Crippen LogP contribution in [0.4, 0.5) is 4.79 Å². The third-order valence-corrected chi connectivity index (χ3v) is 5.91. The maximum absolute atomic E-state index is 12.7. The summed E-state index contributed by atoms with van der Waals surface area (Å²) in [5, 5.41) is 5.31. The Kier molecular flexibility index (Phi) is 5.08. The minimum absolute atomic E-state index is 0.0407. The minimum atomic E-state index is 0.0407. The average molecular weight is 372 g/mol. The quantitative estimate of drug-likeness (QED) is 0.896. The number of rotatable bonds is 4. The van der Waals surface area contributed by atoms with Crippen molar-refractivity contribution in [1.29, 1.82) is 0 Å². The van der Waals surface area contributed by atoms with Gasteiger partial charge in [0.05, 0.1) is 24.4 Å². The number of nitrogens with zero attached hydrogens (tertiary/aromatic N) is 3. The first kappa shape index (κ1) is 17.3. The number of benzene rings is 1. The first-order valence-electron chi connectivity index (χ1n) is 9.05. The molecule has 4 rings (SSSR count). The second-order valence-corrected chi connectivity index (χ2v) is 7.53. The molecule has 2 heterocycles. The van der Waals surface area contributed by atoms with Gasteiger partial charge in [-0.15, -0.1) is 11.3 Å². The van der Waals surface area contributed by atoms with Crippen LogP contribution in [0.5, 0.6) is 5.75 Å². The van der Waals surface area contributed by atoms with E-state index in [0.29, 0.717) is 0 Å². The largest absolute Gasteiger partial charge is 0.496 e. The van der Waals surface area contributed by atoms with Crippen molar-refractivity contribution in [3.8, 4) is 5.75 Å². The highest BCUT2D eigenvalue weighted by Gasteiger charge is 2.29. The molecule has 1 fully saturated rings. The van der Waals surface area contributed by atoms with Crippen molar-refractivity contribution in [1.82, 2.24) is 20.1 Å². The molecule has 0 bridgehead atoms. The number of piperazine rings is 1. The van der Waals surface area contributed by atoms with Crippen LogP contribution in [0.15, 0.2) is 29.1 Å². The fourth-order valence-corrected chi connectivity index (χ4v) is 4.41. The molecule has 1 atom stereocenters. The zero-order valence-electron chi connectivity index (χ0n) is 15.0. The maximum atomic E-state index is 12.7. The van der Waals surface area contributed by atoms with E-state index in [1.165, 1.54) is 11.1 Å². The van der Waals surface area contributed by atoms with E-state index in [1.807, 2.05) is 22.5 Å². The minimum Gasteiger partial charge on any atom is -0.496 e. The van der Waals surface area contributed by atoms with Crippen LogP contribution in [0.2, 0.25) is 0 Å². The Balaban J connectivity index is 1.32. The number of fused-ring (bicyclic) bond motifs is 1. The highest BCUT2D eigenvalue weighted by atomic mass is 32.1. The molecule has 1 unspecified atom stereocenters. The van der Waals surface area contributed by atoms with Gasteiger partial charge in [-0.1, -0.05) is 12.1 Å². The predicted octanol–water partition coefficient (Wildman–Crippen LogP) is 2.67. The molecule has 1 aliphatic carbocycles. The van der Waals surface area contributed by atoms with Gasteiger partial charge in [-0.25, -0.2) is 9.78 Å². The van der Waals surface area contributed by atoms with Crippen molar-refractivity contribution in [3.05, 3.63) is 45.9 Å². The summed E-state index contributed by atoms with van der Waals surface area (Å²) in [6.45, 7) is 4.16. The summed E-state index contributed by atoms with van der Waals surface area (Å²) >= 11 is 1.63. The Morgan fingerprint density at radius 1 is 1.35 bits per heavy atom. The third-order valence-electron chi connectivity index (χ3n) is 5.27. The number of ether oxygens (including phenoxy) is 1. The Labute approximate surface area is 157 Å². The summed E-state index contributed by atoms with van der Waals surface area (Å²) in [6, 6.07) is 6.21. The zero-order chi connectivity index (χ0) is 17.9. The van der Waals surface area contributed by atoms with Crippen LogP contribution in [0.25, 0.3) is 0 Å². The first-order valence-corrected chi connectivity index (χ1v) is 9.99. The topological polar surface area (TPSA) is 57.7 Å². The molecule has 0 spiro atoms. The summed E-state index contributed by atoms with van der Waals surface area (Å²) in [7, 11) is 1.70. The molecular formula is C19H24N4O2S. The Morgan fingerprint density at radius 2 is 2.19 bits per heavy atom. The Hall–Kier alpha value is -2.12. The summed E-state index contributed by atoms with van der Waals surface area (Å²) in [5.41, 5.74) is 5.41. The van der Waals surface area contributed by atoms with Crippen molar-refractivity contribution in [2.45, 2.75) is 25.4 Å². The van der Waals surface area contributed by atoms with E-state index >= 15 is 0 Å². The van der Waals surface area contributed by atoms with Gasteiger partial charge in [-0.05, 0) is 30.0 Å². The van der Waals surface area contributed by atoms with Crippen molar-refractivity contribution in [3.63, 3.8) is 0 Å². The third kappa shape index (κ3) is 3.54. The van der Waals surface area contributed by atoms with Gasteiger partial charge in [0.2, 0.25) is 0 Å². The summed E-state index contributed by atoms with van der Waals surface area (Å²) < 4.78 is 5.45. The molecule has 0 radical (unpaired) electrons. The van der Waals surface area contributed by atoms with E-state index < -0.39 is 0 Å². The van der Waals surface area contributed by atoms with E-state index in [2.05, 4.69) is 26.6 Å². The van der Waals surface area contributed by atoms with Crippen molar-refractivity contribution >= 4 is 17.4 Å². The lowest BCUT2D eigenvalue weighted by Crippen LogP contribution is -2.51. The maximum Gasteiger partial charge on any atom is 0.317 e. The lowest BCUT2D eigenvalue weighted by Gasteiger charge is -2.35. The van der Waals surface area contributed by atoms with Crippen LogP contribution in [-0.2, 0) is 13.0 Å². The second kappa shape index (κ2) is 7.63. The van der Waals surface area contributed by atoms with E-state index in [9.17, 15) is 4.79 Å². The van der Waals surface area contributed by atoms with Gasteiger partial charge in [0.15, 0.2) is 0 Å². The molecule has 1 aromatic carbocycles. The Bertz CT molecular complexity index is 757. The summed E-state index contributed by atoms with van der Waals surface area (Å²) in [5.74, 6) is 0.926. The Morgan fingerprint density at radius 3 is 2.92 bits per heavy atom. The average Bonchev–Trinajstić information content (AvgIpc) is 3.32. The van der Waals surface area contributed by atoms with Gasteiger partial charge in [0, 0.05) is 38.1 Å². The number of amides is 2. The number of carbonyl (C=O) groups is 1. The number of aromatic nitrogens is 1. The van der Waals surface area contributed by atoms with Gasteiger partial charge in [0.25, 0.3) is 0 Å². The predicted molar refractivity (Wildman–Crippen MR) is 102 cm³/mol. The number of carbonyl (C=O) groups excluding carboxylic acids is 1. The van der Waals surface area contributed by atoms with Gasteiger partial charge >= 0.3 is 6.03 Å². The zero-order valence-corrected chi connectivity index (χ0v) is 15.8. The molecule has 2 aromatic rings. The van der Waals surface area contributed by atoms with Crippen LogP contribution >= 0.6 is 11.3 Å². The fraction of sp³-hybridized carbons (Fsp3) is 0.474. The number of hydrogen-bond donors (Lipinski definition) is 1. The molecular weight excluding hydrogens is 348 g/mol. The van der Waals surface area contributed by atoms with Crippen molar-refractivity contribution in [2.24, 2.45) is 0 Å². The fourth-order valence-electron chi connectivity index (χ4n) is 3.86. The number of urea groups is 1. The monoisotopic (exact) mass is 372 g/mol. The molecule has 1 aliphatic heterocycles. The van der Waals surface area contributed by atoms with Crippen LogP contribution in [-0.4, -0.2) is 54.1 Å². The van der Waals surface area contributed by atoms with Crippen LogP contribution < -0.4 is 10.1 Å². The number of methoxy groups -OCH3 is 1. The number of hydrogen-bond acceptors (Lipinski definition) is 5. The highest BCUT2D eigenvalue weighted by Crippen LogP contribution is 2.36. The first-order chi connectivity index (χ1) is 12.7. The molecule has 0 saturated carbocycles. The molecule has 1 saturated heterocycles. The number of thiazole rings is 1. The van der Waals surface area contributed by atoms with E-state index in [4.69, 9.17) is 4.74 Å². The van der Waals surface area contributed by atoms with Crippen LogP contribution in [0.3, 0.4) is 0 Å². The smallest absolute Gasteiger partial charge is 0.317 e. The normalized spacial score (nSPS) is 20.0. The number of nitrogens with one attached hydrogen (secondary N) is 1. The van der Waals surface area contributed by atoms with E-state index in [0.717, 1.165) is 57.0 Å². The van der Waals surface area contributed by atoms with Gasteiger partial charge < -0.3 is 15.0 Å². The standard InChI is InChI=1S/C19H24N4O2S/c1-25-18-4-2-3-15-16(18)5-6-17(15)21-19(24)23-9-7-22(8-10-23)11-14-12-26-13-20-14/h2-4,12-13,17H,5-11H2,1H3,(H,21,24). The van der Waals surface area contributed by atoms with Gasteiger partial charge in [0.1, 0.15) is 5.75 Å². The van der Waals surface area contributed by atoms with Gasteiger partial charge in [-0.2, -0.15) is 0 Å². The second-order valence-electron chi connectivity index (χ2n) is 6.81. The molecule has 1 N–H and O–H groups in total. The van der Waals surface area contributed by atoms with Crippen molar-refractivity contribution < 1.29 is 9.53 Å². The highest BCUT2D eigenvalue weighted by molar-refractivity contribution is 7.07.